The molecular formula is C17H22N4. The summed E-state index contributed by atoms with van der Waals surface area (Å²) in [6.45, 7) is 5.60. The van der Waals surface area contributed by atoms with Crippen LogP contribution in [0.25, 0.3) is 11.4 Å². The minimum absolute atomic E-state index is 0.480. The van der Waals surface area contributed by atoms with E-state index in [0.29, 0.717) is 5.41 Å². The van der Waals surface area contributed by atoms with E-state index in [1.54, 1.807) is 0 Å². The average molecular weight is 282 g/mol. The Morgan fingerprint density at radius 3 is 2.43 bits per heavy atom. The summed E-state index contributed by atoms with van der Waals surface area (Å²) in [5, 5.41) is 6.56. The molecule has 1 aliphatic rings. The first kappa shape index (κ1) is 13.9. The van der Waals surface area contributed by atoms with Crippen molar-refractivity contribution in [3.8, 4) is 11.4 Å². The van der Waals surface area contributed by atoms with E-state index >= 15 is 0 Å². The fourth-order valence-electron chi connectivity index (χ4n) is 2.53. The van der Waals surface area contributed by atoms with Crippen molar-refractivity contribution in [2.45, 2.75) is 20.3 Å². The van der Waals surface area contributed by atoms with Crippen LogP contribution in [0, 0.1) is 11.3 Å². The molecule has 0 radical (unpaired) electrons. The predicted molar refractivity (Wildman–Crippen MR) is 87.4 cm³/mol. The lowest BCUT2D eigenvalue weighted by molar-refractivity contribution is 0.573. The lowest BCUT2D eigenvalue weighted by Gasteiger charge is -2.10. The van der Waals surface area contributed by atoms with E-state index in [9.17, 15) is 0 Å². The summed E-state index contributed by atoms with van der Waals surface area (Å²) in [7, 11) is 1.88. The van der Waals surface area contributed by atoms with E-state index < -0.39 is 0 Å². The highest BCUT2D eigenvalue weighted by Crippen LogP contribution is 2.51. The molecule has 0 bridgehead atoms. The van der Waals surface area contributed by atoms with E-state index in [1.165, 1.54) is 6.42 Å². The summed E-state index contributed by atoms with van der Waals surface area (Å²) in [6.07, 6.45) is 1.29. The molecule has 3 rings (SSSR count). The third kappa shape index (κ3) is 3.15. The Labute approximate surface area is 126 Å². The molecule has 4 heteroatoms. The molecule has 4 nitrogen and oxygen atoms in total. The Morgan fingerprint density at radius 1 is 1.14 bits per heavy atom. The first-order valence-corrected chi connectivity index (χ1v) is 7.44. The summed E-state index contributed by atoms with van der Waals surface area (Å²) in [5.74, 6) is 3.21. The second-order valence-electron chi connectivity index (χ2n) is 6.35. The molecule has 1 atom stereocenters. The van der Waals surface area contributed by atoms with Crippen molar-refractivity contribution in [2.75, 3.05) is 24.2 Å². The lowest BCUT2D eigenvalue weighted by atomic mass is 10.1. The number of aromatic nitrogens is 2. The summed E-state index contributed by atoms with van der Waals surface area (Å²) in [4.78, 5) is 9.17. The van der Waals surface area contributed by atoms with Crippen LogP contribution in [0.2, 0.25) is 0 Å². The molecule has 1 unspecified atom stereocenters. The van der Waals surface area contributed by atoms with Gasteiger partial charge in [0.25, 0.3) is 0 Å². The zero-order valence-corrected chi connectivity index (χ0v) is 12.9. The number of anilines is 2. The third-order valence-electron chi connectivity index (χ3n) is 4.26. The van der Waals surface area contributed by atoms with Gasteiger partial charge in [0.15, 0.2) is 5.82 Å². The van der Waals surface area contributed by atoms with Gasteiger partial charge < -0.3 is 10.6 Å². The second kappa shape index (κ2) is 5.35. The monoisotopic (exact) mass is 282 g/mol. The minimum atomic E-state index is 0.480. The number of nitrogens with one attached hydrogen (secondary N) is 2. The molecule has 0 saturated heterocycles. The number of rotatable bonds is 5. The van der Waals surface area contributed by atoms with Crippen LogP contribution in [0.5, 0.6) is 0 Å². The number of hydrogen-bond donors (Lipinski definition) is 2. The van der Waals surface area contributed by atoms with Gasteiger partial charge in [-0.3, -0.25) is 0 Å². The van der Waals surface area contributed by atoms with E-state index in [0.717, 1.165) is 35.5 Å². The molecule has 1 aromatic heterocycles. The first-order valence-electron chi connectivity index (χ1n) is 7.44. The SMILES string of the molecule is CNc1cc(NCC2CC2(C)C)nc(-c2ccccc2)n1. The van der Waals surface area contributed by atoms with Crippen LogP contribution in [0.4, 0.5) is 11.6 Å². The van der Waals surface area contributed by atoms with Crippen molar-refractivity contribution in [1.29, 1.82) is 0 Å². The zero-order chi connectivity index (χ0) is 14.9. The van der Waals surface area contributed by atoms with Gasteiger partial charge in [-0.2, -0.15) is 0 Å². The molecule has 1 fully saturated rings. The molecular weight excluding hydrogens is 260 g/mol. The van der Waals surface area contributed by atoms with Crippen molar-refractivity contribution in [1.82, 2.24) is 9.97 Å². The van der Waals surface area contributed by atoms with Crippen LogP contribution in [-0.4, -0.2) is 23.6 Å². The van der Waals surface area contributed by atoms with Crippen molar-refractivity contribution in [2.24, 2.45) is 11.3 Å². The highest BCUT2D eigenvalue weighted by atomic mass is 15.1. The molecule has 0 spiro atoms. The standard InChI is InChI=1S/C17H22N4/c1-17(2)10-13(17)11-19-15-9-14(18-3)20-16(21-15)12-7-5-4-6-8-12/h4-9,13H,10-11H2,1-3H3,(H2,18,19,20,21). The van der Waals surface area contributed by atoms with Gasteiger partial charge in [-0.1, -0.05) is 44.2 Å². The molecule has 0 aliphatic heterocycles. The van der Waals surface area contributed by atoms with Gasteiger partial charge in [-0.05, 0) is 17.8 Å². The minimum Gasteiger partial charge on any atom is -0.373 e. The zero-order valence-electron chi connectivity index (χ0n) is 12.9. The largest absolute Gasteiger partial charge is 0.373 e. The summed E-state index contributed by atoms with van der Waals surface area (Å²) < 4.78 is 0. The predicted octanol–water partition coefficient (Wildman–Crippen LogP) is 3.64. The van der Waals surface area contributed by atoms with Gasteiger partial charge >= 0.3 is 0 Å². The molecule has 1 heterocycles. The van der Waals surface area contributed by atoms with Crippen molar-refractivity contribution in [3.63, 3.8) is 0 Å². The molecule has 110 valence electrons. The van der Waals surface area contributed by atoms with Crippen molar-refractivity contribution >= 4 is 11.6 Å². The van der Waals surface area contributed by atoms with Gasteiger partial charge in [0, 0.05) is 25.2 Å². The van der Waals surface area contributed by atoms with Gasteiger partial charge in [-0.15, -0.1) is 0 Å². The van der Waals surface area contributed by atoms with Gasteiger partial charge in [-0.25, -0.2) is 9.97 Å². The smallest absolute Gasteiger partial charge is 0.163 e. The van der Waals surface area contributed by atoms with Crippen molar-refractivity contribution < 1.29 is 0 Å². The topological polar surface area (TPSA) is 49.8 Å². The fraction of sp³-hybridized carbons (Fsp3) is 0.412. The van der Waals surface area contributed by atoms with E-state index in [-0.39, 0.29) is 0 Å². The van der Waals surface area contributed by atoms with E-state index in [1.807, 2.05) is 43.4 Å². The summed E-state index contributed by atoms with van der Waals surface area (Å²) >= 11 is 0. The first-order chi connectivity index (χ1) is 10.1. The van der Waals surface area contributed by atoms with Gasteiger partial charge in [0.2, 0.25) is 0 Å². The molecule has 1 aromatic carbocycles. The second-order valence-corrected chi connectivity index (χ2v) is 6.35. The molecule has 2 N–H and O–H groups in total. The average Bonchev–Trinajstić information content (AvgIpc) is 3.13. The quantitative estimate of drug-likeness (QED) is 0.879. The molecule has 0 amide bonds. The Morgan fingerprint density at radius 2 is 1.81 bits per heavy atom. The highest BCUT2D eigenvalue weighted by molar-refractivity contribution is 5.61. The Balaban J connectivity index is 1.80. The maximum atomic E-state index is 4.64. The number of hydrogen-bond acceptors (Lipinski definition) is 4. The van der Waals surface area contributed by atoms with Crippen molar-refractivity contribution in [3.05, 3.63) is 36.4 Å². The van der Waals surface area contributed by atoms with Crippen LogP contribution in [0.3, 0.4) is 0 Å². The van der Waals surface area contributed by atoms with E-state index in [4.69, 9.17) is 0 Å². The Kier molecular flexibility index (Phi) is 3.53. The Bertz CT molecular complexity index is 622. The number of nitrogens with zero attached hydrogens (tertiary/aromatic N) is 2. The van der Waals surface area contributed by atoms with Crippen LogP contribution in [-0.2, 0) is 0 Å². The normalized spacial score (nSPS) is 19.1. The Hall–Kier alpha value is -2.10. The van der Waals surface area contributed by atoms with Gasteiger partial charge in [0.05, 0.1) is 0 Å². The van der Waals surface area contributed by atoms with E-state index in [2.05, 4.69) is 34.4 Å². The van der Waals surface area contributed by atoms with Crippen LogP contribution < -0.4 is 10.6 Å². The third-order valence-corrected chi connectivity index (χ3v) is 4.26. The van der Waals surface area contributed by atoms with Crippen LogP contribution in [0.1, 0.15) is 20.3 Å². The van der Waals surface area contributed by atoms with Crippen LogP contribution >= 0.6 is 0 Å². The lowest BCUT2D eigenvalue weighted by Crippen LogP contribution is -2.10. The summed E-state index contributed by atoms with van der Waals surface area (Å²) in [6, 6.07) is 12.0. The maximum absolute atomic E-state index is 4.64. The highest BCUT2D eigenvalue weighted by Gasteiger charge is 2.44. The summed E-state index contributed by atoms with van der Waals surface area (Å²) in [5.41, 5.74) is 1.51. The molecule has 1 aliphatic carbocycles. The number of benzene rings is 1. The van der Waals surface area contributed by atoms with Gasteiger partial charge in [0.1, 0.15) is 11.6 Å². The molecule has 21 heavy (non-hydrogen) atoms. The molecule has 2 aromatic rings. The molecule has 1 saturated carbocycles. The maximum Gasteiger partial charge on any atom is 0.163 e. The fourth-order valence-corrected chi connectivity index (χ4v) is 2.53. The van der Waals surface area contributed by atoms with Crippen LogP contribution in [0.15, 0.2) is 36.4 Å².